The summed E-state index contributed by atoms with van der Waals surface area (Å²) in [6, 6.07) is 3.94. The molecule has 2 rings (SSSR count). The number of nitrogens with one attached hydrogen (secondary N) is 1. The van der Waals surface area contributed by atoms with Crippen LogP contribution in [0, 0.1) is 11.8 Å². The highest BCUT2D eigenvalue weighted by Gasteiger charge is 2.16. The molecule has 1 aliphatic heterocycles. The van der Waals surface area contributed by atoms with Gasteiger partial charge in [-0.15, -0.1) is 0 Å². The summed E-state index contributed by atoms with van der Waals surface area (Å²) in [7, 11) is 0. The topological polar surface area (TPSA) is 45.2 Å². The Hall–Kier alpha value is -1.58. The zero-order valence-electron chi connectivity index (χ0n) is 12.7. The van der Waals surface area contributed by atoms with E-state index in [1.807, 2.05) is 26.0 Å². The van der Waals surface area contributed by atoms with Crippen molar-refractivity contribution in [3.05, 3.63) is 18.3 Å². The van der Waals surface area contributed by atoms with Crippen LogP contribution in [0.3, 0.4) is 0 Å². The van der Waals surface area contributed by atoms with Crippen LogP contribution in [0.15, 0.2) is 18.3 Å². The van der Waals surface area contributed by atoms with Crippen molar-refractivity contribution in [2.75, 3.05) is 23.3 Å². The molecule has 20 heavy (non-hydrogen) atoms. The van der Waals surface area contributed by atoms with E-state index < -0.39 is 0 Å². The number of rotatable bonds is 4. The van der Waals surface area contributed by atoms with Crippen LogP contribution in [0.2, 0.25) is 0 Å². The number of carbonyl (C=O) groups is 1. The second-order valence-electron chi connectivity index (χ2n) is 6.22. The first-order valence-corrected chi connectivity index (χ1v) is 7.55. The van der Waals surface area contributed by atoms with Gasteiger partial charge in [0.05, 0.1) is 11.9 Å². The standard InChI is InChI=1S/C16H25N3O/c1-12(2)10-16(20)18-14-4-5-15(17-11-14)19-8-6-13(3)7-9-19/h4-5,11-13H,6-10H2,1-3H3,(H,18,20). The molecule has 0 aromatic carbocycles. The van der Waals surface area contributed by atoms with Gasteiger partial charge in [0.25, 0.3) is 0 Å². The third-order valence-corrected chi connectivity index (χ3v) is 3.73. The Bertz CT molecular complexity index is 434. The van der Waals surface area contributed by atoms with E-state index in [-0.39, 0.29) is 5.91 Å². The molecule has 1 aromatic heterocycles. The minimum atomic E-state index is 0.0568. The summed E-state index contributed by atoms with van der Waals surface area (Å²) in [6.07, 6.45) is 4.76. The molecule has 0 atom stereocenters. The molecule has 0 radical (unpaired) electrons. The maximum Gasteiger partial charge on any atom is 0.224 e. The Morgan fingerprint density at radius 1 is 1.40 bits per heavy atom. The van der Waals surface area contributed by atoms with Crippen LogP contribution >= 0.6 is 0 Å². The number of anilines is 2. The molecule has 1 aliphatic rings. The smallest absolute Gasteiger partial charge is 0.224 e. The average molecular weight is 275 g/mol. The second kappa shape index (κ2) is 6.73. The molecule has 0 unspecified atom stereocenters. The van der Waals surface area contributed by atoms with Gasteiger partial charge in [0.1, 0.15) is 5.82 Å². The molecule has 1 N–H and O–H groups in total. The fraction of sp³-hybridized carbons (Fsp3) is 0.625. The van der Waals surface area contributed by atoms with Gasteiger partial charge in [-0.25, -0.2) is 4.98 Å². The van der Waals surface area contributed by atoms with Gasteiger partial charge in [-0.05, 0) is 36.8 Å². The number of hydrogen-bond donors (Lipinski definition) is 1. The van der Waals surface area contributed by atoms with Gasteiger partial charge in [-0.1, -0.05) is 20.8 Å². The normalized spacial score (nSPS) is 16.5. The van der Waals surface area contributed by atoms with Crippen LogP contribution in [0.1, 0.15) is 40.0 Å². The summed E-state index contributed by atoms with van der Waals surface area (Å²) < 4.78 is 0. The summed E-state index contributed by atoms with van der Waals surface area (Å²) in [5, 5.41) is 2.89. The maximum atomic E-state index is 11.7. The molecule has 0 saturated carbocycles. The quantitative estimate of drug-likeness (QED) is 0.917. The van der Waals surface area contributed by atoms with Gasteiger partial charge in [0, 0.05) is 19.5 Å². The summed E-state index contributed by atoms with van der Waals surface area (Å²) in [5.41, 5.74) is 0.782. The minimum absolute atomic E-state index is 0.0568. The summed E-state index contributed by atoms with van der Waals surface area (Å²) in [5.74, 6) is 2.26. The van der Waals surface area contributed by atoms with Crippen LogP contribution in [0.5, 0.6) is 0 Å². The van der Waals surface area contributed by atoms with Crippen LogP contribution in [0.4, 0.5) is 11.5 Å². The molecule has 4 nitrogen and oxygen atoms in total. The molecule has 1 amide bonds. The average Bonchev–Trinajstić information content (AvgIpc) is 2.39. The van der Waals surface area contributed by atoms with Gasteiger partial charge < -0.3 is 10.2 Å². The number of aromatic nitrogens is 1. The number of hydrogen-bond acceptors (Lipinski definition) is 3. The molecular weight excluding hydrogens is 250 g/mol. The summed E-state index contributed by atoms with van der Waals surface area (Å²) in [6.45, 7) is 8.54. The van der Waals surface area contributed by atoms with Gasteiger partial charge in [-0.2, -0.15) is 0 Å². The predicted molar refractivity (Wildman–Crippen MR) is 82.9 cm³/mol. The Morgan fingerprint density at radius 2 is 2.10 bits per heavy atom. The number of carbonyl (C=O) groups excluding carboxylic acids is 1. The largest absolute Gasteiger partial charge is 0.357 e. The Balaban J connectivity index is 1.91. The van der Waals surface area contributed by atoms with Gasteiger partial charge >= 0.3 is 0 Å². The molecule has 1 saturated heterocycles. The monoisotopic (exact) mass is 275 g/mol. The van der Waals surface area contributed by atoms with Crippen molar-refractivity contribution >= 4 is 17.4 Å². The SMILES string of the molecule is CC(C)CC(=O)Nc1ccc(N2CCC(C)CC2)nc1. The lowest BCUT2D eigenvalue weighted by Gasteiger charge is -2.31. The molecule has 0 aliphatic carbocycles. The maximum absolute atomic E-state index is 11.7. The predicted octanol–water partition coefficient (Wildman–Crippen LogP) is 3.30. The van der Waals surface area contributed by atoms with E-state index in [1.54, 1.807) is 6.20 Å². The van der Waals surface area contributed by atoms with Crippen LogP contribution in [-0.2, 0) is 4.79 Å². The van der Waals surface area contributed by atoms with Crippen LogP contribution in [0.25, 0.3) is 0 Å². The molecule has 0 spiro atoms. The van der Waals surface area contributed by atoms with Crippen molar-refractivity contribution in [2.45, 2.75) is 40.0 Å². The van der Waals surface area contributed by atoms with E-state index in [0.29, 0.717) is 12.3 Å². The van der Waals surface area contributed by atoms with E-state index in [2.05, 4.69) is 22.1 Å². The van der Waals surface area contributed by atoms with E-state index in [4.69, 9.17) is 0 Å². The Kier molecular flexibility index (Phi) is 4.99. The minimum Gasteiger partial charge on any atom is -0.357 e. The third-order valence-electron chi connectivity index (χ3n) is 3.73. The lowest BCUT2D eigenvalue weighted by atomic mass is 9.99. The summed E-state index contributed by atoms with van der Waals surface area (Å²) in [4.78, 5) is 18.5. The zero-order valence-corrected chi connectivity index (χ0v) is 12.7. The molecule has 2 heterocycles. The van der Waals surface area contributed by atoms with E-state index >= 15 is 0 Å². The highest BCUT2D eigenvalue weighted by Crippen LogP contribution is 2.22. The van der Waals surface area contributed by atoms with Crippen LogP contribution in [-0.4, -0.2) is 24.0 Å². The van der Waals surface area contributed by atoms with Crippen molar-refractivity contribution in [1.82, 2.24) is 4.98 Å². The molecule has 4 heteroatoms. The molecule has 110 valence electrons. The number of nitrogens with zero attached hydrogens (tertiary/aromatic N) is 2. The fourth-order valence-electron chi connectivity index (χ4n) is 2.47. The van der Waals surface area contributed by atoms with Crippen molar-refractivity contribution in [2.24, 2.45) is 11.8 Å². The molecule has 1 fully saturated rings. The first-order valence-electron chi connectivity index (χ1n) is 7.55. The van der Waals surface area contributed by atoms with Gasteiger partial charge in [-0.3, -0.25) is 4.79 Å². The first kappa shape index (κ1) is 14.8. The van der Waals surface area contributed by atoms with Crippen molar-refractivity contribution in [1.29, 1.82) is 0 Å². The van der Waals surface area contributed by atoms with Gasteiger partial charge in [0.2, 0.25) is 5.91 Å². The fourth-order valence-corrected chi connectivity index (χ4v) is 2.47. The van der Waals surface area contributed by atoms with Crippen molar-refractivity contribution in [3.8, 4) is 0 Å². The van der Waals surface area contributed by atoms with E-state index in [0.717, 1.165) is 30.5 Å². The van der Waals surface area contributed by atoms with E-state index in [9.17, 15) is 4.79 Å². The number of pyridine rings is 1. The Morgan fingerprint density at radius 3 is 2.65 bits per heavy atom. The lowest BCUT2D eigenvalue weighted by Crippen LogP contribution is -2.33. The Labute approximate surface area is 121 Å². The summed E-state index contributed by atoms with van der Waals surface area (Å²) >= 11 is 0. The lowest BCUT2D eigenvalue weighted by molar-refractivity contribution is -0.116. The van der Waals surface area contributed by atoms with Crippen LogP contribution < -0.4 is 10.2 Å². The highest BCUT2D eigenvalue weighted by molar-refractivity contribution is 5.90. The van der Waals surface area contributed by atoms with Crippen molar-refractivity contribution < 1.29 is 4.79 Å². The van der Waals surface area contributed by atoms with Crippen molar-refractivity contribution in [3.63, 3.8) is 0 Å². The third kappa shape index (κ3) is 4.22. The molecule has 1 aromatic rings. The highest BCUT2D eigenvalue weighted by atomic mass is 16.1. The first-order chi connectivity index (χ1) is 9.54. The van der Waals surface area contributed by atoms with E-state index in [1.165, 1.54) is 12.8 Å². The zero-order chi connectivity index (χ0) is 14.5. The molecular formula is C16H25N3O. The molecule has 0 bridgehead atoms. The second-order valence-corrected chi connectivity index (χ2v) is 6.22. The van der Waals surface area contributed by atoms with Gasteiger partial charge in [0.15, 0.2) is 0 Å². The number of piperidine rings is 1. The number of amides is 1.